The maximum atomic E-state index is 12.2. The fraction of sp³-hybridized carbons (Fsp3) is 0.300. The van der Waals surface area contributed by atoms with Gasteiger partial charge in [0.05, 0.1) is 6.61 Å². The van der Waals surface area contributed by atoms with E-state index in [0.29, 0.717) is 18.7 Å². The normalized spacial score (nSPS) is 13.2. The van der Waals surface area contributed by atoms with Crippen LogP contribution in [-0.4, -0.2) is 18.4 Å². The van der Waals surface area contributed by atoms with Crippen molar-refractivity contribution in [3.8, 4) is 5.75 Å². The highest BCUT2D eigenvalue weighted by atomic mass is 16.5. The second-order valence-electron chi connectivity index (χ2n) is 6.10. The molecule has 0 atom stereocenters. The van der Waals surface area contributed by atoms with E-state index in [1.165, 1.54) is 0 Å². The summed E-state index contributed by atoms with van der Waals surface area (Å²) >= 11 is 0. The molecule has 2 aromatic rings. The summed E-state index contributed by atoms with van der Waals surface area (Å²) in [5.74, 6) is 0.854. The van der Waals surface area contributed by atoms with E-state index in [1.807, 2.05) is 31.2 Å². The van der Waals surface area contributed by atoms with Crippen molar-refractivity contribution in [3.63, 3.8) is 0 Å². The average Bonchev–Trinajstić information content (AvgIpc) is 3.46. The van der Waals surface area contributed by atoms with Crippen molar-refractivity contribution in [1.82, 2.24) is 5.32 Å². The van der Waals surface area contributed by atoms with Crippen molar-refractivity contribution in [2.24, 2.45) is 5.92 Å². The van der Waals surface area contributed by atoms with E-state index in [1.54, 1.807) is 24.3 Å². The van der Waals surface area contributed by atoms with Crippen LogP contribution in [0.4, 0.5) is 5.69 Å². The average molecular weight is 338 g/mol. The van der Waals surface area contributed by atoms with E-state index in [2.05, 4.69) is 10.6 Å². The zero-order chi connectivity index (χ0) is 17.6. The van der Waals surface area contributed by atoms with E-state index < -0.39 is 0 Å². The van der Waals surface area contributed by atoms with Crippen molar-refractivity contribution in [1.29, 1.82) is 0 Å². The molecular formula is C20H22N2O3. The van der Waals surface area contributed by atoms with Crippen molar-refractivity contribution in [2.45, 2.75) is 26.3 Å². The van der Waals surface area contributed by atoms with Crippen LogP contribution in [0.3, 0.4) is 0 Å². The van der Waals surface area contributed by atoms with Gasteiger partial charge in [-0.3, -0.25) is 9.59 Å². The minimum Gasteiger partial charge on any atom is -0.494 e. The van der Waals surface area contributed by atoms with Crippen LogP contribution < -0.4 is 15.4 Å². The highest BCUT2D eigenvalue weighted by Gasteiger charge is 2.29. The highest BCUT2D eigenvalue weighted by Crippen LogP contribution is 2.30. The van der Waals surface area contributed by atoms with Crippen LogP contribution in [-0.2, 0) is 11.3 Å². The number of anilines is 1. The molecule has 2 N–H and O–H groups in total. The molecule has 2 aromatic carbocycles. The number of hydrogen-bond acceptors (Lipinski definition) is 3. The Hall–Kier alpha value is -2.82. The van der Waals surface area contributed by atoms with Gasteiger partial charge in [-0.15, -0.1) is 0 Å². The topological polar surface area (TPSA) is 67.4 Å². The first kappa shape index (κ1) is 17.0. The number of hydrogen-bond donors (Lipinski definition) is 2. The lowest BCUT2D eigenvalue weighted by Gasteiger charge is -2.09. The first-order valence-electron chi connectivity index (χ1n) is 8.56. The molecule has 0 heterocycles. The summed E-state index contributed by atoms with van der Waals surface area (Å²) in [4.78, 5) is 24.0. The summed E-state index contributed by atoms with van der Waals surface area (Å²) in [6, 6.07) is 14.6. The largest absolute Gasteiger partial charge is 0.494 e. The third kappa shape index (κ3) is 4.83. The summed E-state index contributed by atoms with van der Waals surface area (Å²) < 4.78 is 5.37. The molecule has 1 saturated carbocycles. The van der Waals surface area contributed by atoms with Gasteiger partial charge in [0.25, 0.3) is 5.91 Å². The van der Waals surface area contributed by atoms with Crippen LogP contribution in [0.15, 0.2) is 48.5 Å². The highest BCUT2D eigenvalue weighted by molar-refractivity contribution is 5.95. The smallest absolute Gasteiger partial charge is 0.251 e. The Labute approximate surface area is 147 Å². The summed E-state index contributed by atoms with van der Waals surface area (Å²) in [6.45, 7) is 2.92. The van der Waals surface area contributed by atoms with Gasteiger partial charge < -0.3 is 15.4 Å². The SMILES string of the molecule is CCOc1ccc(C(=O)NCc2cccc(NC(=O)C3CC3)c2)cc1. The van der Waals surface area contributed by atoms with Crippen molar-refractivity contribution in [3.05, 3.63) is 59.7 Å². The van der Waals surface area contributed by atoms with Gasteiger partial charge >= 0.3 is 0 Å². The number of ether oxygens (including phenoxy) is 1. The molecule has 0 saturated heterocycles. The van der Waals surface area contributed by atoms with Crippen LogP contribution >= 0.6 is 0 Å². The predicted molar refractivity (Wildman–Crippen MR) is 96.6 cm³/mol. The molecule has 0 unspecified atom stereocenters. The first-order chi connectivity index (χ1) is 12.2. The maximum Gasteiger partial charge on any atom is 0.251 e. The van der Waals surface area contributed by atoms with Crippen molar-refractivity contribution >= 4 is 17.5 Å². The maximum absolute atomic E-state index is 12.2. The lowest BCUT2D eigenvalue weighted by Crippen LogP contribution is -2.22. The lowest BCUT2D eigenvalue weighted by molar-refractivity contribution is -0.117. The second-order valence-corrected chi connectivity index (χ2v) is 6.10. The van der Waals surface area contributed by atoms with E-state index in [9.17, 15) is 9.59 Å². The Morgan fingerprint density at radius 3 is 2.56 bits per heavy atom. The molecule has 2 amide bonds. The van der Waals surface area contributed by atoms with Gasteiger partial charge in [-0.05, 0) is 61.7 Å². The van der Waals surface area contributed by atoms with E-state index >= 15 is 0 Å². The number of rotatable bonds is 7. The molecule has 25 heavy (non-hydrogen) atoms. The third-order valence-corrected chi connectivity index (χ3v) is 4.02. The zero-order valence-corrected chi connectivity index (χ0v) is 14.2. The Bertz CT molecular complexity index is 752. The molecule has 0 aromatic heterocycles. The van der Waals surface area contributed by atoms with Crippen molar-refractivity contribution in [2.75, 3.05) is 11.9 Å². The third-order valence-electron chi connectivity index (χ3n) is 4.02. The molecule has 0 radical (unpaired) electrons. The first-order valence-corrected chi connectivity index (χ1v) is 8.56. The monoisotopic (exact) mass is 338 g/mol. The summed E-state index contributed by atoms with van der Waals surface area (Å²) in [7, 11) is 0. The van der Waals surface area contributed by atoms with E-state index in [-0.39, 0.29) is 17.7 Å². The van der Waals surface area contributed by atoms with Gasteiger partial charge in [-0.2, -0.15) is 0 Å². The summed E-state index contributed by atoms with van der Waals surface area (Å²) in [5.41, 5.74) is 2.29. The molecule has 5 nitrogen and oxygen atoms in total. The van der Waals surface area contributed by atoms with Gasteiger partial charge in [0.15, 0.2) is 0 Å². The standard InChI is InChI=1S/C20H22N2O3/c1-2-25-18-10-8-15(9-11-18)19(23)21-13-14-4-3-5-17(12-14)22-20(24)16-6-7-16/h3-5,8-12,16H,2,6-7,13H2,1H3,(H,21,23)(H,22,24). The molecule has 0 aliphatic heterocycles. The molecule has 0 spiro atoms. The minimum absolute atomic E-state index is 0.0792. The van der Waals surface area contributed by atoms with Gasteiger partial charge in [0.1, 0.15) is 5.75 Å². The Balaban J connectivity index is 1.55. The molecular weight excluding hydrogens is 316 g/mol. The van der Waals surface area contributed by atoms with Crippen LogP contribution in [0, 0.1) is 5.92 Å². The fourth-order valence-electron chi connectivity index (χ4n) is 2.50. The van der Waals surface area contributed by atoms with Gasteiger partial charge in [0, 0.05) is 23.7 Å². The van der Waals surface area contributed by atoms with Gasteiger partial charge in [-0.25, -0.2) is 0 Å². The number of benzene rings is 2. The van der Waals surface area contributed by atoms with E-state index in [4.69, 9.17) is 4.74 Å². The molecule has 1 fully saturated rings. The van der Waals surface area contributed by atoms with E-state index in [0.717, 1.165) is 29.8 Å². The number of amides is 2. The Morgan fingerprint density at radius 1 is 1.12 bits per heavy atom. The lowest BCUT2D eigenvalue weighted by atomic mass is 10.1. The minimum atomic E-state index is -0.143. The quantitative estimate of drug-likeness (QED) is 0.813. The molecule has 0 bridgehead atoms. The summed E-state index contributed by atoms with van der Waals surface area (Å²) in [5, 5.41) is 5.81. The fourth-order valence-corrected chi connectivity index (χ4v) is 2.50. The van der Waals surface area contributed by atoms with Gasteiger partial charge in [0.2, 0.25) is 5.91 Å². The number of carbonyl (C=O) groups is 2. The van der Waals surface area contributed by atoms with Crippen LogP contribution in [0.1, 0.15) is 35.7 Å². The predicted octanol–water partition coefficient (Wildman–Crippen LogP) is 3.36. The van der Waals surface area contributed by atoms with Gasteiger partial charge in [-0.1, -0.05) is 12.1 Å². The number of nitrogens with one attached hydrogen (secondary N) is 2. The summed E-state index contributed by atoms with van der Waals surface area (Å²) in [6.07, 6.45) is 1.95. The molecule has 1 aliphatic rings. The van der Waals surface area contributed by atoms with Crippen LogP contribution in [0.2, 0.25) is 0 Å². The second kappa shape index (κ2) is 7.83. The van der Waals surface area contributed by atoms with Crippen molar-refractivity contribution < 1.29 is 14.3 Å². The zero-order valence-electron chi connectivity index (χ0n) is 14.2. The van der Waals surface area contributed by atoms with Crippen LogP contribution in [0.25, 0.3) is 0 Å². The Morgan fingerprint density at radius 2 is 1.88 bits per heavy atom. The molecule has 3 rings (SSSR count). The molecule has 5 heteroatoms. The Kier molecular flexibility index (Phi) is 5.33. The van der Waals surface area contributed by atoms with Crippen LogP contribution in [0.5, 0.6) is 5.75 Å². The number of carbonyl (C=O) groups excluding carboxylic acids is 2. The molecule has 1 aliphatic carbocycles. The molecule has 130 valence electrons.